The molecule has 0 saturated carbocycles. The van der Waals surface area contributed by atoms with Crippen LogP contribution >= 0.6 is 11.6 Å². The largest absolute Gasteiger partial charge is 0.378 e. The van der Waals surface area contributed by atoms with Gasteiger partial charge in [-0.25, -0.2) is 4.79 Å². The first kappa shape index (κ1) is 15.8. The van der Waals surface area contributed by atoms with E-state index in [1.165, 1.54) is 6.26 Å². The second-order valence-corrected chi connectivity index (χ2v) is 6.46. The number of hydrogen-bond acceptors (Lipinski definition) is 4. The highest BCUT2D eigenvalue weighted by Gasteiger charge is 2.19. The summed E-state index contributed by atoms with van der Waals surface area (Å²) in [6.45, 7) is 2.67. The maximum atomic E-state index is 11.9. The maximum absolute atomic E-state index is 11.9. The van der Waals surface area contributed by atoms with Crippen LogP contribution in [0.4, 0.5) is 10.5 Å². The van der Waals surface area contributed by atoms with Crippen LogP contribution in [0.2, 0.25) is 5.02 Å². The molecule has 0 unspecified atom stereocenters. The van der Waals surface area contributed by atoms with Gasteiger partial charge < -0.3 is 25.0 Å². The zero-order chi connectivity index (χ0) is 17.2. The van der Waals surface area contributed by atoms with E-state index in [0.29, 0.717) is 18.1 Å². The molecule has 25 heavy (non-hydrogen) atoms. The molecule has 0 spiro atoms. The number of H-pyrrole nitrogens is 1. The molecule has 0 atom stereocenters. The minimum atomic E-state index is -0.0158. The maximum Gasteiger partial charge on any atom is 0.317 e. The number of fused-ring (bicyclic) bond motifs is 1. The number of nitrogens with zero attached hydrogens (tertiary/aromatic N) is 2. The molecule has 130 valence electrons. The summed E-state index contributed by atoms with van der Waals surface area (Å²) in [5.41, 5.74) is 3.51. The van der Waals surface area contributed by atoms with Gasteiger partial charge in [0.1, 0.15) is 12.0 Å². The fourth-order valence-electron chi connectivity index (χ4n) is 2.76. The molecule has 0 bridgehead atoms. The Hall–Kier alpha value is -2.67. The molecule has 0 radical (unpaired) electrons. The molecule has 1 aliphatic heterocycles. The van der Waals surface area contributed by atoms with Gasteiger partial charge in [-0.2, -0.15) is 0 Å². The quantitative estimate of drug-likeness (QED) is 0.652. The highest BCUT2D eigenvalue weighted by atomic mass is 35.5. The first-order valence-corrected chi connectivity index (χ1v) is 8.54. The summed E-state index contributed by atoms with van der Waals surface area (Å²) in [6.07, 6.45) is 2.62. The van der Waals surface area contributed by atoms with Crippen LogP contribution < -0.4 is 10.6 Å². The molecule has 3 aromatic rings. The molecule has 1 saturated heterocycles. The van der Waals surface area contributed by atoms with E-state index < -0.39 is 0 Å². The molecule has 2 aromatic heterocycles. The molecule has 7 nitrogen and oxygen atoms in total. The van der Waals surface area contributed by atoms with Gasteiger partial charge in [0.15, 0.2) is 0 Å². The lowest BCUT2D eigenvalue weighted by atomic mass is 10.2. The summed E-state index contributed by atoms with van der Waals surface area (Å²) in [7, 11) is 0. The Bertz CT molecular complexity index is 886. The minimum Gasteiger partial charge on any atom is -0.378 e. The van der Waals surface area contributed by atoms with Crippen molar-refractivity contribution in [2.45, 2.75) is 19.5 Å². The van der Waals surface area contributed by atoms with Crippen molar-refractivity contribution in [3.63, 3.8) is 0 Å². The SMILES string of the molecule is O=C(NCc1cc2cc(Cl)c(NCc3ccon3)cc2[nH]1)N1CCC1. The number of carbonyl (C=O) groups is 1. The Kier molecular flexibility index (Phi) is 4.23. The summed E-state index contributed by atoms with van der Waals surface area (Å²) < 4.78 is 4.81. The molecule has 8 heteroatoms. The van der Waals surface area contributed by atoms with Crippen molar-refractivity contribution in [1.29, 1.82) is 0 Å². The number of hydrogen-bond donors (Lipinski definition) is 3. The van der Waals surface area contributed by atoms with Crippen molar-refractivity contribution in [2.24, 2.45) is 0 Å². The van der Waals surface area contributed by atoms with Crippen molar-refractivity contribution in [3.8, 4) is 0 Å². The van der Waals surface area contributed by atoms with Crippen LogP contribution in [0.3, 0.4) is 0 Å². The third-order valence-corrected chi connectivity index (χ3v) is 4.60. The Balaban J connectivity index is 1.45. The molecule has 1 aromatic carbocycles. The van der Waals surface area contributed by atoms with E-state index in [9.17, 15) is 4.79 Å². The summed E-state index contributed by atoms with van der Waals surface area (Å²) in [5.74, 6) is 0. The minimum absolute atomic E-state index is 0.0158. The molecule has 4 rings (SSSR count). The van der Waals surface area contributed by atoms with Crippen LogP contribution in [0.5, 0.6) is 0 Å². The zero-order valence-electron chi connectivity index (χ0n) is 13.5. The van der Waals surface area contributed by atoms with E-state index in [0.717, 1.165) is 47.5 Å². The predicted molar refractivity (Wildman–Crippen MR) is 95.6 cm³/mol. The van der Waals surface area contributed by atoms with Crippen LogP contribution in [0, 0.1) is 0 Å². The van der Waals surface area contributed by atoms with Crippen LogP contribution in [0.1, 0.15) is 17.8 Å². The first-order chi connectivity index (χ1) is 12.2. The molecule has 0 aliphatic carbocycles. The number of aromatic nitrogens is 2. The van der Waals surface area contributed by atoms with E-state index in [1.54, 1.807) is 11.0 Å². The normalized spacial score (nSPS) is 13.7. The highest BCUT2D eigenvalue weighted by Crippen LogP contribution is 2.29. The number of aromatic amines is 1. The number of urea groups is 1. The van der Waals surface area contributed by atoms with Gasteiger partial charge in [0.2, 0.25) is 0 Å². The van der Waals surface area contributed by atoms with Crippen molar-refractivity contribution in [1.82, 2.24) is 20.4 Å². The molecule has 3 heterocycles. The number of carbonyl (C=O) groups excluding carboxylic acids is 1. The standard InChI is InChI=1S/C17H18ClN5O2/c18-14-7-11-6-13(10-20-17(24)23-3-1-4-23)21-15(11)8-16(14)19-9-12-2-5-25-22-12/h2,5-8,19,21H,1,3-4,9-10H2,(H,20,24). The first-order valence-electron chi connectivity index (χ1n) is 8.16. The van der Waals surface area contributed by atoms with Gasteiger partial charge in [0.05, 0.1) is 23.8 Å². The van der Waals surface area contributed by atoms with Crippen molar-refractivity contribution in [2.75, 3.05) is 18.4 Å². The highest BCUT2D eigenvalue weighted by molar-refractivity contribution is 6.34. The number of rotatable bonds is 5. The Morgan fingerprint density at radius 3 is 2.92 bits per heavy atom. The van der Waals surface area contributed by atoms with Crippen LogP contribution in [-0.4, -0.2) is 34.2 Å². The fourth-order valence-corrected chi connectivity index (χ4v) is 3.00. The third-order valence-electron chi connectivity index (χ3n) is 4.29. The van der Waals surface area contributed by atoms with Gasteiger partial charge in [0, 0.05) is 35.8 Å². The average Bonchev–Trinajstić information content (AvgIpc) is 3.17. The topological polar surface area (TPSA) is 86.2 Å². The molecular weight excluding hydrogens is 342 g/mol. The van der Waals surface area contributed by atoms with E-state index in [1.807, 2.05) is 18.2 Å². The lowest BCUT2D eigenvalue weighted by Crippen LogP contribution is -2.47. The van der Waals surface area contributed by atoms with Crippen molar-refractivity contribution in [3.05, 3.63) is 46.9 Å². The summed E-state index contributed by atoms with van der Waals surface area (Å²) >= 11 is 6.35. The van der Waals surface area contributed by atoms with Gasteiger partial charge in [-0.15, -0.1) is 0 Å². The number of benzene rings is 1. The number of likely N-dealkylation sites (tertiary alicyclic amines) is 1. The van der Waals surface area contributed by atoms with E-state index in [2.05, 4.69) is 20.8 Å². The predicted octanol–water partition coefficient (Wildman–Crippen LogP) is 3.34. The number of nitrogens with one attached hydrogen (secondary N) is 3. The summed E-state index contributed by atoms with van der Waals surface area (Å²) in [6, 6.07) is 7.64. The number of amides is 2. The molecule has 3 N–H and O–H groups in total. The fraction of sp³-hybridized carbons (Fsp3) is 0.294. The Labute approximate surface area is 149 Å². The van der Waals surface area contributed by atoms with E-state index in [4.69, 9.17) is 16.1 Å². The molecule has 1 fully saturated rings. The Morgan fingerprint density at radius 2 is 2.20 bits per heavy atom. The van der Waals surface area contributed by atoms with E-state index in [-0.39, 0.29) is 6.03 Å². The third kappa shape index (κ3) is 3.41. The smallest absolute Gasteiger partial charge is 0.317 e. The lowest BCUT2D eigenvalue weighted by molar-refractivity contribution is 0.167. The number of anilines is 1. The second kappa shape index (κ2) is 6.68. The monoisotopic (exact) mass is 359 g/mol. The molecule has 1 aliphatic rings. The molecular formula is C17H18ClN5O2. The van der Waals surface area contributed by atoms with Crippen LogP contribution in [-0.2, 0) is 13.1 Å². The summed E-state index contributed by atoms with van der Waals surface area (Å²) in [4.78, 5) is 17.0. The van der Waals surface area contributed by atoms with Gasteiger partial charge >= 0.3 is 6.03 Å². The number of halogens is 1. The second-order valence-electron chi connectivity index (χ2n) is 6.06. The van der Waals surface area contributed by atoms with Gasteiger partial charge in [-0.1, -0.05) is 16.8 Å². The van der Waals surface area contributed by atoms with Gasteiger partial charge in [-0.05, 0) is 24.6 Å². The molecule has 2 amide bonds. The van der Waals surface area contributed by atoms with Gasteiger partial charge in [0.25, 0.3) is 0 Å². The van der Waals surface area contributed by atoms with Gasteiger partial charge in [-0.3, -0.25) is 0 Å². The lowest BCUT2D eigenvalue weighted by Gasteiger charge is -2.30. The van der Waals surface area contributed by atoms with Crippen LogP contribution in [0.15, 0.2) is 35.1 Å². The van der Waals surface area contributed by atoms with Crippen LogP contribution in [0.25, 0.3) is 10.9 Å². The zero-order valence-corrected chi connectivity index (χ0v) is 14.3. The summed E-state index contributed by atoms with van der Waals surface area (Å²) in [5, 5.41) is 11.7. The van der Waals surface area contributed by atoms with E-state index >= 15 is 0 Å². The Morgan fingerprint density at radius 1 is 1.32 bits per heavy atom. The van der Waals surface area contributed by atoms with Crippen molar-refractivity contribution >= 4 is 34.2 Å². The average molecular weight is 360 g/mol. The van der Waals surface area contributed by atoms with Crippen molar-refractivity contribution < 1.29 is 9.32 Å².